The minimum atomic E-state index is -0.850. The normalized spacial score (nSPS) is 10.7. The van der Waals surface area contributed by atoms with Crippen LogP contribution in [0.15, 0.2) is 48.9 Å². The lowest BCUT2D eigenvalue weighted by Gasteiger charge is -2.01. The van der Waals surface area contributed by atoms with Crippen LogP contribution in [0.4, 0.5) is 0 Å². The number of aliphatic carboxylic acids is 1. The molecule has 0 spiro atoms. The highest BCUT2D eigenvalue weighted by Crippen LogP contribution is 2.23. The molecule has 0 radical (unpaired) electrons. The second kappa shape index (κ2) is 4.53. The number of aromatic nitrogens is 3. The van der Waals surface area contributed by atoms with Gasteiger partial charge in [-0.15, -0.1) is 0 Å². The van der Waals surface area contributed by atoms with Gasteiger partial charge in [0.2, 0.25) is 5.95 Å². The van der Waals surface area contributed by atoms with Gasteiger partial charge in [-0.2, -0.15) is 0 Å². The number of hydrogen-bond acceptors (Lipinski definition) is 3. The van der Waals surface area contributed by atoms with E-state index in [1.165, 1.54) is 0 Å². The number of rotatable bonds is 3. The predicted octanol–water partition coefficient (Wildman–Crippen LogP) is 2.05. The van der Waals surface area contributed by atoms with Gasteiger partial charge in [0.05, 0.1) is 11.9 Å². The van der Waals surface area contributed by atoms with Crippen molar-refractivity contribution in [3.63, 3.8) is 0 Å². The summed E-state index contributed by atoms with van der Waals surface area (Å²) in [6, 6.07) is 9.38. The quantitative estimate of drug-likeness (QED) is 0.775. The van der Waals surface area contributed by atoms with E-state index in [0.717, 1.165) is 16.5 Å². The highest BCUT2D eigenvalue weighted by atomic mass is 16.4. The van der Waals surface area contributed by atoms with Crippen LogP contribution in [0.2, 0.25) is 0 Å². The SMILES string of the molecule is O=C(O)Cc1cn(-c2ncccn2)c2ccccc12. The first-order chi connectivity index (χ1) is 9.25. The minimum absolute atomic E-state index is 0.0135. The Morgan fingerprint density at radius 3 is 2.63 bits per heavy atom. The number of nitrogens with zero attached hydrogens (tertiary/aromatic N) is 3. The summed E-state index contributed by atoms with van der Waals surface area (Å²) >= 11 is 0. The van der Waals surface area contributed by atoms with Crippen LogP contribution in [-0.4, -0.2) is 25.6 Å². The molecule has 1 aromatic carbocycles. The lowest BCUT2D eigenvalue weighted by molar-refractivity contribution is -0.136. The first-order valence-corrected chi connectivity index (χ1v) is 5.84. The maximum atomic E-state index is 10.9. The molecule has 0 saturated carbocycles. The van der Waals surface area contributed by atoms with E-state index in [1.807, 2.05) is 28.8 Å². The zero-order valence-corrected chi connectivity index (χ0v) is 10.0. The first-order valence-electron chi connectivity index (χ1n) is 5.84. The molecule has 0 aliphatic rings. The molecule has 0 unspecified atom stereocenters. The van der Waals surface area contributed by atoms with Crippen molar-refractivity contribution in [1.82, 2.24) is 14.5 Å². The van der Waals surface area contributed by atoms with Crippen LogP contribution >= 0.6 is 0 Å². The number of hydrogen-bond donors (Lipinski definition) is 1. The molecular formula is C14H11N3O2. The maximum absolute atomic E-state index is 10.9. The van der Waals surface area contributed by atoms with E-state index >= 15 is 0 Å². The van der Waals surface area contributed by atoms with Gasteiger partial charge >= 0.3 is 5.97 Å². The average Bonchev–Trinajstić information content (AvgIpc) is 2.78. The molecule has 2 heterocycles. The van der Waals surface area contributed by atoms with Crippen LogP contribution in [0, 0.1) is 0 Å². The molecule has 0 fully saturated rings. The van der Waals surface area contributed by atoms with E-state index in [0.29, 0.717) is 5.95 Å². The molecule has 0 bridgehead atoms. The number of para-hydroxylation sites is 1. The molecule has 19 heavy (non-hydrogen) atoms. The van der Waals surface area contributed by atoms with Gasteiger partial charge in [-0.05, 0) is 17.7 Å². The Morgan fingerprint density at radius 2 is 1.89 bits per heavy atom. The van der Waals surface area contributed by atoms with E-state index in [4.69, 9.17) is 5.11 Å². The maximum Gasteiger partial charge on any atom is 0.307 e. The zero-order chi connectivity index (χ0) is 13.2. The molecule has 0 amide bonds. The molecule has 1 N–H and O–H groups in total. The van der Waals surface area contributed by atoms with E-state index in [1.54, 1.807) is 24.7 Å². The topological polar surface area (TPSA) is 68.0 Å². The Morgan fingerprint density at radius 1 is 1.16 bits per heavy atom. The fourth-order valence-corrected chi connectivity index (χ4v) is 2.14. The third-order valence-electron chi connectivity index (χ3n) is 2.90. The van der Waals surface area contributed by atoms with Crippen molar-refractivity contribution >= 4 is 16.9 Å². The monoisotopic (exact) mass is 253 g/mol. The van der Waals surface area contributed by atoms with Gasteiger partial charge in [0, 0.05) is 24.0 Å². The molecule has 5 heteroatoms. The van der Waals surface area contributed by atoms with Gasteiger partial charge in [-0.3, -0.25) is 9.36 Å². The molecule has 5 nitrogen and oxygen atoms in total. The Hall–Kier alpha value is -2.69. The van der Waals surface area contributed by atoms with Crippen LogP contribution in [0.3, 0.4) is 0 Å². The molecule has 3 rings (SSSR count). The summed E-state index contributed by atoms with van der Waals surface area (Å²) in [6.07, 6.45) is 5.09. The van der Waals surface area contributed by atoms with E-state index in [2.05, 4.69) is 9.97 Å². The Bertz CT molecular complexity index is 735. The Kier molecular flexibility index (Phi) is 2.72. The van der Waals surface area contributed by atoms with Gasteiger partial charge in [0.15, 0.2) is 0 Å². The fraction of sp³-hybridized carbons (Fsp3) is 0.0714. The predicted molar refractivity (Wildman–Crippen MR) is 70.2 cm³/mol. The number of carbonyl (C=O) groups is 1. The van der Waals surface area contributed by atoms with Crippen LogP contribution in [0.1, 0.15) is 5.56 Å². The molecule has 2 aromatic heterocycles. The molecule has 0 aliphatic carbocycles. The smallest absolute Gasteiger partial charge is 0.307 e. The largest absolute Gasteiger partial charge is 0.481 e. The Balaban J connectivity index is 2.23. The number of carboxylic acid groups (broad SMARTS) is 1. The molecule has 0 atom stereocenters. The van der Waals surface area contributed by atoms with Gasteiger partial charge in [-0.1, -0.05) is 18.2 Å². The fourth-order valence-electron chi connectivity index (χ4n) is 2.14. The molecule has 0 saturated heterocycles. The lowest BCUT2D eigenvalue weighted by Crippen LogP contribution is -2.00. The summed E-state index contributed by atoms with van der Waals surface area (Å²) < 4.78 is 1.81. The van der Waals surface area contributed by atoms with Crippen molar-refractivity contribution in [1.29, 1.82) is 0 Å². The molecule has 3 aromatic rings. The minimum Gasteiger partial charge on any atom is -0.481 e. The number of fused-ring (bicyclic) bond motifs is 1. The summed E-state index contributed by atoms with van der Waals surface area (Å²) in [6.45, 7) is 0. The average molecular weight is 253 g/mol. The summed E-state index contributed by atoms with van der Waals surface area (Å²) in [7, 11) is 0. The van der Waals surface area contributed by atoms with Crippen molar-refractivity contribution in [2.24, 2.45) is 0 Å². The summed E-state index contributed by atoms with van der Waals surface area (Å²) in [5.41, 5.74) is 1.67. The van der Waals surface area contributed by atoms with Crippen molar-refractivity contribution in [3.8, 4) is 5.95 Å². The van der Waals surface area contributed by atoms with Crippen molar-refractivity contribution in [2.45, 2.75) is 6.42 Å². The Labute approximate surface area is 109 Å². The number of benzene rings is 1. The van der Waals surface area contributed by atoms with Crippen LogP contribution in [0.5, 0.6) is 0 Å². The van der Waals surface area contributed by atoms with Crippen molar-refractivity contribution < 1.29 is 9.90 Å². The van der Waals surface area contributed by atoms with E-state index in [9.17, 15) is 4.79 Å². The van der Waals surface area contributed by atoms with Gasteiger partial charge in [-0.25, -0.2) is 9.97 Å². The summed E-state index contributed by atoms with van der Waals surface area (Å²) in [5.74, 6) is -0.313. The summed E-state index contributed by atoms with van der Waals surface area (Å²) in [4.78, 5) is 19.3. The highest BCUT2D eigenvalue weighted by Gasteiger charge is 2.12. The zero-order valence-electron chi connectivity index (χ0n) is 10.0. The van der Waals surface area contributed by atoms with Gasteiger partial charge in [0.25, 0.3) is 0 Å². The first kappa shape index (κ1) is 11.4. The molecule has 0 aliphatic heterocycles. The molecule has 94 valence electrons. The van der Waals surface area contributed by atoms with E-state index in [-0.39, 0.29) is 6.42 Å². The van der Waals surface area contributed by atoms with Gasteiger partial charge in [0.1, 0.15) is 0 Å². The van der Waals surface area contributed by atoms with Crippen LogP contribution in [0.25, 0.3) is 16.9 Å². The highest BCUT2D eigenvalue weighted by molar-refractivity contribution is 5.88. The van der Waals surface area contributed by atoms with Crippen molar-refractivity contribution in [2.75, 3.05) is 0 Å². The second-order valence-corrected chi connectivity index (χ2v) is 4.16. The van der Waals surface area contributed by atoms with Crippen LogP contribution in [-0.2, 0) is 11.2 Å². The van der Waals surface area contributed by atoms with Gasteiger partial charge < -0.3 is 5.11 Å². The lowest BCUT2D eigenvalue weighted by atomic mass is 10.1. The van der Waals surface area contributed by atoms with Crippen LogP contribution < -0.4 is 0 Å². The summed E-state index contributed by atoms with van der Waals surface area (Å²) in [5, 5.41) is 9.88. The van der Waals surface area contributed by atoms with Crippen molar-refractivity contribution in [3.05, 3.63) is 54.5 Å². The third-order valence-corrected chi connectivity index (χ3v) is 2.90. The second-order valence-electron chi connectivity index (χ2n) is 4.16. The van der Waals surface area contributed by atoms with E-state index < -0.39 is 5.97 Å². The molecular weight excluding hydrogens is 242 g/mol. The third kappa shape index (κ3) is 2.06. The standard InChI is InChI=1S/C14H11N3O2/c18-13(19)8-10-9-17(14-15-6-3-7-16-14)12-5-2-1-4-11(10)12/h1-7,9H,8H2,(H,18,19). The number of carboxylic acids is 1.